The van der Waals surface area contributed by atoms with Crippen LogP contribution in [0.5, 0.6) is 0 Å². The molecule has 0 radical (unpaired) electrons. The largest absolute Gasteiger partial charge is 0.309 e. The summed E-state index contributed by atoms with van der Waals surface area (Å²) in [5.41, 5.74) is 5.94. The van der Waals surface area contributed by atoms with Crippen molar-refractivity contribution in [2.45, 2.75) is 13.1 Å². The second-order valence-electron chi connectivity index (χ2n) is 5.50. The number of aromatic nitrogens is 3. The van der Waals surface area contributed by atoms with Gasteiger partial charge in [0.15, 0.2) is 0 Å². The number of hydrogen-bond donors (Lipinski definition) is 1. The number of benzene rings is 1. The third kappa shape index (κ3) is 2.39. The minimum atomic E-state index is 0.646. The molecule has 0 unspecified atom stereocenters. The molecule has 2 aromatic heterocycles. The van der Waals surface area contributed by atoms with Crippen molar-refractivity contribution in [2.75, 3.05) is 6.54 Å². The SMILES string of the molecule is N#Cc1cccc(-c2nn3c(c2-c2ccncc2)CNCC3)c1. The van der Waals surface area contributed by atoms with E-state index < -0.39 is 0 Å². The Hall–Kier alpha value is -2.97. The highest BCUT2D eigenvalue weighted by atomic mass is 15.3. The molecule has 3 aromatic rings. The lowest BCUT2D eigenvalue weighted by Gasteiger charge is -2.16. The zero-order chi connectivity index (χ0) is 15.6. The van der Waals surface area contributed by atoms with Crippen LogP contribution in [0, 0.1) is 11.3 Å². The first-order chi connectivity index (χ1) is 11.4. The van der Waals surface area contributed by atoms with Crippen molar-refractivity contribution >= 4 is 0 Å². The monoisotopic (exact) mass is 301 g/mol. The van der Waals surface area contributed by atoms with Crippen molar-refractivity contribution in [1.82, 2.24) is 20.1 Å². The molecule has 0 fully saturated rings. The van der Waals surface area contributed by atoms with Crippen LogP contribution in [0.1, 0.15) is 11.3 Å². The maximum absolute atomic E-state index is 9.16. The molecule has 1 aliphatic heterocycles. The molecule has 5 nitrogen and oxygen atoms in total. The van der Waals surface area contributed by atoms with Crippen molar-refractivity contribution in [3.05, 3.63) is 60.0 Å². The zero-order valence-corrected chi connectivity index (χ0v) is 12.5. The summed E-state index contributed by atoms with van der Waals surface area (Å²) < 4.78 is 2.07. The molecule has 23 heavy (non-hydrogen) atoms. The van der Waals surface area contributed by atoms with Crippen LogP contribution in [0.3, 0.4) is 0 Å². The highest BCUT2D eigenvalue weighted by Gasteiger charge is 2.22. The van der Waals surface area contributed by atoms with Gasteiger partial charge in [0, 0.05) is 36.6 Å². The molecule has 0 bridgehead atoms. The summed E-state index contributed by atoms with van der Waals surface area (Å²) in [6.45, 7) is 2.57. The Labute approximate surface area is 134 Å². The number of fused-ring (bicyclic) bond motifs is 1. The Kier molecular flexibility index (Phi) is 3.37. The highest BCUT2D eigenvalue weighted by molar-refractivity contribution is 5.83. The van der Waals surface area contributed by atoms with Crippen molar-refractivity contribution in [2.24, 2.45) is 0 Å². The first-order valence-electron chi connectivity index (χ1n) is 7.58. The van der Waals surface area contributed by atoms with Crippen LogP contribution in [0.4, 0.5) is 0 Å². The summed E-state index contributed by atoms with van der Waals surface area (Å²) in [5.74, 6) is 0. The average molecular weight is 301 g/mol. The topological polar surface area (TPSA) is 66.5 Å². The van der Waals surface area contributed by atoms with Gasteiger partial charge in [-0.05, 0) is 29.8 Å². The van der Waals surface area contributed by atoms with Crippen LogP contribution >= 0.6 is 0 Å². The quantitative estimate of drug-likeness (QED) is 0.790. The van der Waals surface area contributed by atoms with Gasteiger partial charge in [-0.15, -0.1) is 0 Å². The van der Waals surface area contributed by atoms with Gasteiger partial charge < -0.3 is 5.32 Å². The first kappa shape index (κ1) is 13.7. The molecule has 0 saturated heterocycles. The second-order valence-corrected chi connectivity index (χ2v) is 5.50. The van der Waals surface area contributed by atoms with Gasteiger partial charge in [0.25, 0.3) is 0 Å². The van der Waals surface area contributed by atoms with Gasteiger partial charge in [0.1, 0.15) is 5.69 Å². The summed E-state index contributed by atoms with van der Waals surface area (Å²) in [6.07, 6.45) is 3.59. The number of nitriles is 1. The fraction of sp³-hybridized carbons (Fsp3) is 0.167. The molecule has 0 aliphatic carbocycles. The Morgan fingerprint density at radius 2 is 2.00 bits per heavy atom. The van der Waals surface area contributed by atoms with Crippen LogP contribution < -0.4 is 5.32 Å². The lowest BCUT2D eigenvalue weighted by atomic mass is 9.98. The number of rotatable bonds is 2. The van der Waals surface area contributed by atoms with Crippen molar-refractivity contribution in [1.29, 1.82) is 5.26 Å². The van der Waals surface area contributed by atoms with Crippen LogP contribution in [0.2, 0.25) is 0 Å². The average Bonchev–Trinajstić information content (AvgIpc) is 3.02. The van der Waals surface area contributed by atoms with Gasteiger partial charge in [-0.2, -0.15) is 10.4 Å². The van der Waals surface area contributed by atoms with E-state index in [0.29, 0.717) is 5.56 Å². The smallest absolute Gasteiger partial charge is 0.101 e. The normalized spacial score (nSPS) is 13.3. The van der Waals surface area contributed by atoms with Crippen molar-refractivity contribution in [3.8, 4) is 28.5 Å². The Bertz CT molecular complexity index is 890. The predicted molar refractivity (Wildman–Crippen MR) is 87.3 cm³/mol. The maximum Gasteiger partial charge on any atom is 0.101 e. The minimum Gasteiger partial charge on any atom is -0.309 e. The van der Waals surface area contributed by atoms with E-state index in [-0.39, 0.29) is 0 Å². The molecule has 0 saturated carbocycles. The minimum absolute atomic E-state index is 0.646. The summed E-state index contributed by atoms with van der Waals surface area (Å²) in [7, 11) is 0. The van der Waals surface area contributed by atoms with E-state index in [1.165, 1.54) is 5.69 Å². The van der Waals surface area contributed by atoms with Gasteiger partial charge in [-0.25, -0.2) is 0 Å². The molecule has 0 atom stereocenters. The summed E-state index contributed by atoms with van der Waals surface area (Å²) >= 11 is 0. The summed E-state index contributed by atoms with van der Waals surface area (Å²) in [5, 5.41) is 17.4. The number of hydrogen-bond acceptors (Lipinski definition) is 4. The lowest BCUT2D eigenvalue weighted by Crippen LogP contribution is -2.28. The van der Waals surface area contributed by atoms with Crippen LogP contribution in [0.15, 0.2) is 48.8 Å². The molecule has 1 N–H and O–H groups in total. The fourth-order valence-corrected chi connectivity index (χ4v) is 3.01. The maximum atomic E-state index is 9.16. The second kappa shape index (κ2) is 5.67. The molecule has 112 valence electrons. The molecular weight excluding hydrogens is 286 g/mol. The number of pyridine rings is 1. The summed E-state index contributed by atoms with van der Waals surface area (Å²) in [6, 6.07) is 13.8. The Morgan fingerprint density at radius 1 is 1.13 bits per heavy atom. The third-order valence-electron chi connectivity index (χ3n) is 4.08. The Balaban J connectivity index is 1.96. The molecule has 1 aliphatic rings. The third-order valence-corrected chi connectivity index (χ3v) is 4.08. The Morgan fingerprint density at radius 3 is 2.83 bits per heavy atom. The standard InChI is InChI=1S/C18H15N5/c19-11-13-2-1-3-15(10-13)18-17(14-4-6-20-7-5-14)16-12-21-8-9-23(16)22-18/h1-7,10,21H,8-9,12H2. The van der Waals surface area contributed by atoms with Crippen molar-refractivity contribution < 1.29 is 0 Å². The van der Waals surface area contributed by atoms with E-state index >= 15 is 0 Å². The van der Waals surface area contributed by atoms with Crippen LogP contribution in [-0.4, -0.2) is 21.3 Å². The summed E-state index contributed by atoms with van der Waals surface area (Å²) in [4.78, 5) is 4.11. The fourth-order valence-electron chi connectivity index (χ4n) is 3.01. The molecule has 0 amide bonds. The molecule has 0 spiro atoms. The first-order valence-corrected chi connectivity index (χ1v) is 7.58. The van der Waals surface area contributed by atoms with Crippen LogP contribution in [-0.2, 0) is 13.1 Å². The van der Waals surface area contributed by atoms with E-state index in [4.69, 9.17) is 10.4 Å². The van der Waals surface area contributed by atoms with Gasteiger partial charge in [-0.1, -0.05) is 12.1 Å². The van der Waals surface area contributed by atoms with E-state index in [1.54, 1.807) is 12.4 Å². The van der Waals surface area contributed by atoms with Gasteiger partial charge >= 0.3 is 0 Å². The van der Waals surface area contributed by atoms with Gasteiger partial charge in [0.2, 0.25) is 0 Å². The lowest BCUT2D eigenvalue weighted by molar-refractivity contribution is 0.477. The van der Waals surface area contributed by atoms with Crippen molar-refractivity contribution in [3.63, 3.8) is 0 Å². The molecule has 3 heterocycles. The molecule has 1 aromatic carbocycles. The van der Waals surface area contributed by atoms with E-state index in [1.807, 2.05) is 36.4 Å². The van der Waals surface area contributed by atoms with E-state index in [0.717, 1.165) is 42.0 Å². The van der Waals surface area contributed by atoms with Crippen LogP contribution in [0.25, 0.3) is 22.4 Å². The van der Waals surface area contributed by atoms with Gasteiger partial charge in [-0.3, -0.25) is 9.67 Å². The van der Waals surface area contributed by atoms with Gasteiger partial charge in [0.05, 0.1) is 23.9 Å². The molecular formula is C18H15N5. The zero-order valence-electron chi connectivity index (χ0n) is 12.5. The number of nitrogens with zero attached hydrogens (tertiary/aromatic N) is 4. The molecule has 4 rings (SSSR count). The highest BCUT2D eigenvalue weighted by Crippen LogP contribution is 2.35. The number of nitrogens with one attached hydrogen (secondary N) is 1. The van der Waals surface area contributed by atoms with E-state index in [2.05, 4.69) is 21.1 Å². The predicted octanol–water partition coefficient (Wildman–Crippen LogP) is 2.59. The van der Waals surface area contributed by atoms with E-state index in [9.17, 15) is 0 Å². The molecule has 5 heteroatoms.